The van der Waals surface area contributed by atoms with Crippen LogP contribution in [0.3, 0.4) is 0 Å². The van der Waals surface area contributed by atoms with E-state index in [9.17, 15) is 0 Å². The largest absolute Gasteiger partial charge is 0.294 e. The minimum atomic E-state index is -0.139. The molecule has 0 spiro atoms. The number of fused-ring (bicyclic) bond motifs is 9. The summed E-state index contributed by atoms with van der Waals surface area (Å²) in [5.74, 6) is 0.724. The molecular weight excluding hydrogens is 410 g/mol. The molecule has 2 bridgehead atoms. The molecule has 2 aliphatic heterocycles. The van der Waals surface area contributed by atoms with Crippen LogP contribution in [-0.2, 0) is 21.9 Å². The Hall–Kier alpha value is -2.09. The van der Waals surface area contributed by atoms with E-state index in [2.05, 4.69) is 92.0 Å². The van der Waals surface area contributed by atoms with Crippen molar-refractivity contribution in [2.24, 2.45) is 5.92 Å². The molecule has 2 saturated carbocycles. The van der Waals surface area contributed by atoms with Crippen LogP contribution in [0.25, 0.3) is 0 Å². The van der Waals surface area contributed by atoms with E-state index in [1.807, 2.05) is 0 Å². The normalized spacial score (nSPS) is 35.2. The molecule has 32 heavy (non-hydrogen) atoms. The minimum Gasteiger partial charge on any atom is -0.294 e. The molecule has 0 radical (unpaired) electrons. The topological polar surface area (TPSA) is 12.0 Å². The van der Waals surface area contributed by atoms with Gasteiger partial charge in [0.15, 0.2) is 0 Å². The molecule has 2 fully saturated rings. The lowest BCUT2D eigenvalue weighted by Crippen LogP contribution is -2.47. The van der Waals surface area contributed by atoms with Gasteiger partial charge in [-0.3, -0.25) is 5.32 Å². The molecule has 2 aliphatic carbocycles. The summed E-state index contributed by atoms with van der Waals surface area (Å²) in [7, 11) is 0. The number of hydrogen-bond donors (Lipinski definition) is 1. The Kier molecular flexibility index (Phi) is 3.68. The summed E-state index contributed by atoms with van der Waals surface area (Å²) in [6.45, 7) is 4.86. The Morgan fingerprint density at radius 3 is 2.03 bits per heavy atom. The highest BCUT2D eigenvalue weighted by molar-refractivity contribution is 6.30. The smallest absolute Gasteiger partial charge is 0.0674 e. The highest BCUT2D eigenvalue weighted by Gasteiger charge is 2.66. The molecule has 7 rings (SSSR count). The number of benzene rings is 3. The van der Waals surface area contributed by atoms with Crippen molar-refractivity contribution in [2.75, 3.05) is 0 Å². The maximum Gasteiger partial charge on any atom is 0.0674 e. The standard InChI is InChI=1S/C30H30ClN/c1-27-17-21-18-30(21,19-29(15-16-29)20-11-13-22(31)14-12-20)26-10-6-5-9-25(26)28(2,32-27)24-8-4-3-7-23(24)27/h3-14,21,32H,15-19H2,1-2H3/t21-,27-,28-,30-/m1/s1. The molecule has 0 amide bonds. The van der Waals surface area contributed by atoms with Crippen LogP contribution in [0.5, 0.6) is 0 Å². The summed E-state index contributed by atoms with van der Waals surface area (Å²) in [5.41, 5.74) is 8.05. The number of rotatable bonds is 3. The van der Waals surface area contributed by atoms with Crippen molar-refractivity contribution in [3.05, 3.63) is 106 Å². The fraction of sp³-hybridized carbons (Fsp3) is 0.400. The third-order valence-electron chi connectivity index (χ3n) is 9.44. The molecule has 162 valence electrons. The predicted octanol–water partition coefficient (Wildman–Crippen LogP) is 7.21. The van der Waals surface area contributed by atoms with Crippen molar-refractivity contribution in [2.45, 2.75) is 67.9 Å². The van der Waals surface area contributed by atoms with Gasteiger partial charge in [0.05, 0.1) is 5.54 Å². The monoisotopic (exact) mass is 439 g/mol. The Morgan fingerprint density at radius 1 is 0.781 bits per heavy atom. The van der Waals surface area contributed by atoms with Gasteiger partial charge in [-0.15, -0.1) is 0 Å². The molecular formula is C30H30ClN. The molecule has 0 aromatic heterocycles. The zero-order valence-corrected chi connectivity index (χ0v) is 19.7. The number of hydrogen-bond acceptors (Lipinski definition) is 1. The third kappa shape index (κ3) is 2.45. The lowest BCUT2D eigenvalue weighted by Gasteiger charge is -2.39. The van der Waals surface area contributed by atoms with Crippen molar-refractivity contribution >= 4 is 11.6 Å². The number of halogens is 1. The van der Waals surface area contributed by atoms with Crippen LogP contribution < -0.4 is 5.32 Å². The first kappa shape index (κ1) is 19.4. The van der Waals surface area contributed by atoms with Gasteiger partial charge in [0.1, 0.15) is 0 Å². The Labute approximate surface area is 196 Å². The summed E-state index contributed by atoms with van der Waals surface area (Å²) in [6.07, 6.45) is 6.40. The Bertz CT molecular complexity index is 1240. The average Bonchev–Trinajstić information content (AvgIpc) is 3.70. The Balaban J connectivity index is 1.39. The van der Waals surface area contributed by atoms with Crippen LogP contribution in [0.15, 0.2) is 72.8 Å². The maximum atomic E-state index is 6.22. The summed E-state index contributed by atoms with van der Waals surface area (Å²) in [4.78, 5) is 0. The van der Waals surface area contributed by atoms with Crippen molar-refractivity contribution in [1.82, 2.24) is 5.32 Å². The van der Waals surface area contributed by atoms with Gasteiger partial charge in [0, 0.05) is 10.6 Å². The lowest BCUT2D eigenvalue weighted by molar-refractivity contribution is 0.259. The average molecular weight is 440 g/mol. The second-order valence-electron chi connectivity index (χ2n) is 11.4. The van der Waals surface area contributed by atoms with E-state index in [0.717, 1.165) is 10.9 Å². The van der Waals surface area contributed by atoms with Crippen molar-refractivity contribution < 1.29 is 0 Å². The first-order chi connectivity index (χ1) is 15.4. The summed E-state index contributed by atoms with van der Waals surface area (Å²) >= 11 is 6.22. The molecule has 3 aromatic carbocycles. The SMILES string of the molecule is C[C@]12N[C@](C)(C[C@@H]3C[C@]3(CC3(c4ccc(Cl)cc4)CC3)c3ccccc31)c1ccccc12. The fourth-order valence-corrected chi connectivity index (χ4v) is 7.85. The summed E-state index contributed by atoms with van der Waals surface area (Å²) in [5, 5.41) is 4.98. The van der Waals surface area contributed by atoms with Gasteiger partial charge < -0.3 is 0 Å². The second-order valence-corrected chi connectivity index (χ2v) is 11.8. The highest BCUT2D eigenvalue weighted by Crippen LogP contribution is 2.70. The van der Waals surface area contributed by atoms with Gasteiger partial charge in [-0.2, -0.15) is 0 Å². The minimum absolute atomic E-state index is 0.0300. The van der Waals surface area contributed by atoms with E-state index in [1.165, 1.54) is 54.4 Å². The van der Waals surface area contributed by atoms with Crippen LogP contribution in [0, 0.1) is 5.92 Å². The van der Waals surface area contributed by atoms with Crippen LogP contribution in [0.2, 0.25) is 5.02 Å². The zero-order chi connectivity index (χ0) is 21.8. The van der Waals surface area contributed by atoms with Gasteiger partial charge in [-0.25, -0.2) is 0 Å². The molecule has 0 unspecified atom stereocenters. The highest BCUT2D eigenvalue weighted by atomic mass is 35.5. The van der Waals surface area contributed by atoms with Gasteiger partial charge >= 0.3 is 0 Å². The van der Waals surface area contributed by atoms with Gasteiger partial charge in [-0.05, 0) is 103 Å². The van der Waals surface area contributed by atoms with Crippen LogP contribution in [0.1, 0.15) is 73.8 Å². The molecule has 4 atom stereocenters. The van der Waals surface area contributed by atoms with Crippen molar-refractivity contribution in [3.8, 4) is 0 Å². The first-order valence-electron chi connectivity index (χ1n) is 12.1. The molecule has 2 heteroatoms. The van der Waals surface area contributed by atoms with E-state index in [0.29, 0.717) is 10.8 Å². The summed E-state index contributed by atoms with van der Waals surface area (Å²) in [6, 6.07) is 27.2. The van der Waals surface area contributed by atoms with Gasteiger partial charge in [0.2, 0.25) is 0 Å². The van der Waals surface area contributed by atoms with E-state index < -0.39 is 0 Å². The van der Waals surface area contributed by atoms with E-state index >= 15 is 0 Å². The molecule has 1 nitrogen and oxygen atoms in total. The lowest BCUT2D eigenvalue weighted by atomic mass is 9.72. The second kappa shape index (κ2) is 6.07. The summed E-state index contributed by atoms with van der Waals surface area (Å²) < 4.78 is 0. The third-order valence-corrected chi connectivity index (χ3v) is 9.69. The van der Waals surface area contributed by atoms with Gasteiger partial charge in [-0.1, -0.05) is 72.3 Å². The van der Waals surface area contributed by atoms with Crippen molar-refractivity contribution in [1.29, 1.82) is 0 Å². The molecule has 2 heterocycles. The molecule has 0 saturated heterocycles. The van der Waals surface area contributed by atoms with E-state index in [4.69, 9.17) is 11.6 Å². The quantitative estimate of drug-likeness (QED) is 0.454. The van der Waals surface area contributed by atoms with Crippen LogP contribution in [0.4, 0.5) is 0 Å². The zero-order valence-electron chi connectivity index (χ0n) is 18.9. The van der Waals surface area contributed by atoms with E-state index in [-0.39, 0.29) is 11.1 Å². The molecule has 4 aliphatic rings. The Morgan fingerprint density at radius 2 is 1.38 bits per heavy atom. The van der Waals surface area contributed by atoms with Crippen LogP contribution in [-0.4, -0.2) is 0 Å². The predicted molar refractivity (Wildman–Crippen MR) is 131 cm³/mol. The van der Waals surface area contributed by atoms with Crippen LogP contribution >= 0.6 is 11.6 Å². The molecule has 1 N–H and O–H groups in total. The van der Waals surface area contributed by atoms with Crippen molar-refractivity contribution in [3.63, 3.8) is 0 Å². The van der Waals surface area contributed by atoms with Gasteiger partial charge in [0.25, 0.3) is 0 Å². The first-order valence-corrected chi connectivity index (χ1v) is 12.5. The number of nitrogens with one attached hydrogen (secondary N) is 1. The molecule has 3 aromatic rings. The maximum absolute atomic E-state index is 6.22. The van der Waals surface area contributed by atoms with E-state index in [1.54, 1.807) is 5.56 Å². The fourth-order valence-electron chi connectivity index (χ4n) is 7.72.